The maximum absolute atomic E-state index is 13.2. The van der Waals surface area contributed by atoms with E-state index in [0.29, 0.717) is 11.4 Å². The Balaban J connectivity index is 2.78. The molecule has 2 rings (SSSR count). The van der Waals surface area contributed by atoms with Crippen LogP contribution in [0.5, 0.6) is 0 Å². The van der Waals surface area contributed by atoms with Crippen LogP contribution in [0, 0.1) is 12.8 Å². The minimum atomic E-state index is -4.51. The van der Waals surface area contributed by atoms with Crippen LogP contribution in [0.2, 0.25) is 0 Å². The lowest BCUT2D eigenvalue weighted by Gasteiger charge is -2.26. The fraction of sp³-hybridized carbons (Fsp3) is 0.176. The molecule has 0 spiro atoms. The smallest absolute Gasteiger partial charge is 0.294 e. The van der Waals surface area contributed by atoms with Crippen molar-refractivity contribution in [2.24, 2.45) is 4.36 Å². The number of carbonyl (C=O) groups is 1. The van der Waals surface area contributed by atoms with E-state index < -0.39 is 37.4 Å². The van der Waals surface area contributed by atoms with E-state index in [0.717, 1.165) is 5.56 Å². The minimum Gasteiger partial charge on any atom is -0.294 e. The zero-order chi connectivity index (χ0) is 19.4. The molecular weight excluding hydrogens is 398 g/mol. The molecule has 0 amide bonds. The number of rotatable bonds is 7. The van der Waals surface area contributed by atoms with Crippen molar-refractivity contribution in [2.75, 3.05) is 0 Å². The van der Waals surface area contributed by atoms with Crippen LogP contribution in [0.4, 0.5) is 0 Å². The molecule has 0 aromatic heterocycles. The molecule has 0 aliphatic carbocycles. The summed E-state index contributed by atoms with van der Waals surface area (Å²) < 4.78 is 52.4. The normalized spacial score (nSPS) is 13.6. The van der Waals surface area contributed by atoms with E-state index in [-0.39, 0.29) is 4.90 Å². The van der Waals surface area contributed by atoms with E-state index in [1.165, 1.54) is 12.1 Å². The quantitative estimate of drug-likeness (QED) is 0.696. The number of carbonyl (C=O) groups excluding carboxylic acids is 1. The molecule has 0 N–H and O–H groups in total. The molecule has 0 bridgehead atoms. The van der Waals surface area contributed by atoms with Crippen molar-refractivity contribution in [3.63, 3.8) is 0 Å². The molecule has 6 nitrogen and oxygen atoms in total. The molecule has 0 aliphatic rings. The summed E-state index contributed by atoms with van der Waals surface area (Å²) in [7, 11) is -7.67. The Morgan fingerprint density at radius 3 is 2.19 bits per heavy atom. The fourth-order valence-corrected chi connectivity index (χ4v) is 5.21. The van der Waals surface area contributed by atoms with Crippen LogP contribution >= 0.6 is 11.6 Å². The number of hydrogen-bond acceptors (Lipinski definition) is 6. The van der Waals surface area contributed by atoms with E-state index in [1.807, 2.05) is 0 Å². The number of sulfone groups is 1. The monoisotopic (exact) mass is 412 g/mol. The molecule has 9 heteroatoms. The number of nitrogens with zero attached hydrogens (tertiary/aromatic N) is 1. The standard InChI is InChI=1S/C17H15ClNO5S2/c1-13-7-9-15(10-8-13)26(23,24)17(16(20)12-18,19-25(21)22)11-14-5-3-2-4-6-14/h2-10,12H,11H2,1H3/t17-/m1/s1. The van der Waals surface area contributed by atoms with Crippen molar-refractivity contribution >= 4 is 37.7 Å². The van der Waals surface area contributed by atoms with Gasteiger partial charge in [0.15, 0.2) is 5.78 Å². The minimum absolute atomic E-state index is 0.222. The van der Waals surface area contributed by atoms with Crippen molar-refractivity contribution < 1.29 is 21.6 Å². The van der Waals surface area contributed by atoms with Gasteiger partial charge in [0.2, 0.25) is 14.7 Å². The lowest BCUT2D eigenvalue weighted by Crippen LogP contribution is -2.46. The van der Waals surface area contributed by atoms with Gasteiger partial charge in [-0.05, 0) is 24.6 Å². The molecule has 2 aromatic rings. The van der Waals surface area contributed by atoms with Gasteiger partial charge in [-0.15, -0.1) is 16.0 Å². The van der Waals surface area contributed by atoms with Crippen molar-refractivity contribution in [1.29, 1.82) is 0 Å². The summed E-state index contributed by atoms with van der Waals surface area (Å²) in [4.78, 5) is 9.69. The van der Waals surface area contributed by atoms with Crippen molar-refractivity contribution in [3.05, 3.63) is 71.6 Å². The first-order chi connectivity index (χ1) is 12.2. The van der Waals surface area contributed by atoms with Gasteiger partial charge in [-0.1, -0.05) is 48.0 Å². The molecule has 1 atom stereocenters. The predicted octanol–water partition coefficient (Wildman–Crippen LogP) is 2.74. The first-order valence-corrected chi connectivity index (χ1v) is 10.3. The highest BCUT2D eigenvalue weighted by Gasteiger charge is 2.52. The lowest BCUT2D eigenvalue weighted by molar-refractivity contribution is -0.117. The third-order valence-electron chi connectivity index (χ3n) is 3.77. The van der Waals surface area contributed by atoms with E-state index in [4.69, 9.17) is 11.6 Å². The van der Waals surface area contributed by atoms with Gasteiger partial charge >= 0.3 is 10.5 Å². The second-order valence-corrected chi connectivity index (χ2v) is 8.53. The molecule has 26 heavy (non-hydrogen) atoms. The van der Waals surface area contributed by atoms with Crippen LogP contribution < -0.4 is 0 Å². The van der Waals surface area contributed by atoms with Crippen LogP contribution in [-0.2, 0) is 31.6 Å². The second-order valence-electron chi connectivity index (χ2n) is 5.55. The number of ketones is 1. The molecule has 1 radical (unpaired) electrons. The largest absolute Gasteiger partial charge is 0.313 e. The van der Waals surface area contributed by atoms with Gasteiger partial charge in [0.1, 0.15) is 5.88 Å². The Hall–Kier alpha value is -2.03. The van der Waals surface area contributed by atoms with Gasteiger partial charge in [0, 0.05) is 6.42 Å². The number of aryl methyl sites for hydroxylation is 1. The van der Waals surface area contributed by atoms with E-state index >= 15 is 0 Å². The summed E-state index contributed by atoms with van der Waals surface area (Å²) in [6.45, 7) is 1.77. The summed E-state index contributed by atoms with van der Waals surface area (Å²) >= 11 is 5.50. The number of benzene rings is 2. The first-order valence-electron chi connectivity index (χ1n) is 7.38. The van der Waals surface area contributed by atoms with Gasteiger partial charge in [0.05, 0.1) is 4.90 Å². The lowest BCUT2D eigenvalue weighted by atomic mass is 10.0. The third kappa shape index (κ3) is 4.03. The van der Waals surface area contributed by atoms with Gasteiger partial charge in [-0.2, -0.15) is 8.42 Å². The molecule has 0 heterocycles. The topological polar surface area (TPSA) is 97.7 Å². The Morgan fingerprint density at radius 2 is 1.69 bits per heavy atom. The van der Waals surface area contributed by atoms with Crippen molar-refractivity contribution in [3.8, 4) is 0 Å². The molecule has 0 unspecified atom stereocenters. The maximum Gasteiger partial charge on any atom is 0.313 e. The highest BCUT2D eigenvalue weighted by molar-refractivity contribution is 7.94. The summed E-state index contributed by atoms with van der Waals surface area (Å²) in [5.41, 5.74) is 1.22. The second kappa shape index (κ2) is 8.11. The van der Waals surface area contributed by atoms with E-state index in [1.54, 1.807) is 49.4 Å². The van der Waals surface area contributed by atoms with E-state index in [9.17, 15) is 21.6 Å². The fourth-order valence-electron chi connectivity index (χ4n) is 2.43. The van der Waals surface area contributed by atoms with E-state index in [2.05, 4.69) is 4.36 Å². The molecule has 137 valence electrons. The zero-order valence-corrected chi connectivity index (χ0v) is 16.1. The Kier molecular flexibility index (Phi) is 6.33. The third-order valence-corrected chi connectivity index (χ3v) is 6.76. The average molecular weight is 413 g/mol. The molecular formula is C17H15ClNO5S2. The summed E-state index contributed by atoms with van der Waals surface area (Å²) in [5, 5.41) is 0. The maximum atomic E-state index is 13.2. The first kappa shape index (κ1) is 20.3. The van der Waals surface area contributed by atoms with Gasteiger partial charge in [-0.3, -0.25) is 4.79 Å². The molecule has 0 fully saturated rings. The Labute approximate surface area is 158 Å². The van der Waals surface area contributed by atoms with Gasteiger partial charge in [-0.25, -0.2) is 8.42 Å². The highest BCUT2D eigenvalue weighted by atomic mass is 35.5. The highest BCUT2D eigenvalue weighted by Crippen LogP contribution is 2.33. The van der Waals surface area contributed by atoms with Crippen LogP contribution in [-0.4, -0.2) is 27.5 Å². The van der Waals surface area contributed by atoms with Crippen molar-refractivity contribution in [1.82, 2.24) is 0 Å². The van der Waals surface area contributed by atoms with Crippen LogP contribution in [0.25, 0.3) is 0 Å². The van der Waals surface area contributed by atoms with Crippen molar-refractivity contribution in [2.45, 2.75) is 23.1 Å². The number of halogens is 1. The molecule has 0 saturated heterocycles. The summed E-state index contributed by atoms with van der Waals surface area (Å²) in [5.74, 6) is -0.627. The van der Waals surface area contributed by atoms with Crippen LogP contribution in [0.3, 0.4) is 0 Å². The Bertz CT molecular complexity index is 1020. The summed E-state index contributed by atoms with van der Waals surface area (Å²) in [6, 6.07) is 13.8. The van der Waals surface area contributed by atoms with Gasteiger partial charge in [0.25, 0.3) is 0 Å². The predicted molar refractivity (Wildman–Crippen MR) is 97.7 cm³/mol. The zero-order valence-electron chi connectivity index (χ0n) is 13.7. The van der Waals surface area contributed by atoms with Gasteiger partial charge < -0.3 is 0 Å². The summed E-state index contributed by atoms with van der Waals surface area (Å²) in [6.07, 6.45) is -0.472. The molecule has 2 aromatic carbocycles. The number of Topliss-reactive ketones (excluding diaryl/α,β-unsaturated/α-hetero) is 1. The Morgan fingerprint density at radius 1 is 1.12 bits per heavy atom. The molecule has 0 aliphatic heterocycles. The molecule has 0 saturated carbocycles. The van der Waals surface area contributed by atoms with Crippen LogP contribution in [0.15, 0.2) is 63.9 Å². The van der Waals surface area contributed by atoms with Crippen LogP contribution in [0.1, 0.15) is 11.1 Å². The SMILES string of the molecule is Cc1ccc(S(=O)(=O)[C@@](Cc2ccccc2)(N=S(=O)=O)C(=O)[CH]Cl)cc1. The number of hydrogen-bond donors (Lipinski definition) is 0. The average Bonchev–Trinajstić information content (AvgIpc) is 2.61.